The molecule has 6 N–H and O–H groups in total. The van der Waals surface area contributed by atoms with Gasteiger partial charge in [0.2, 0.25) is 5.91 Å². The third-order valence-electron chi connectivity index (χ3n) is 7.76. The summed E-state index contributed by atoms with van der Waals surface area (Å²) in [6, 6.07) is -2.10. The summed E-state index contributed by atoms with van der Waals surface area (Å²) < 4.78 is 0. The number of carbonyl (C=O) groups is 3. The van der Waals surface area contributed by atoms with Crippen molar-refractivity contribution in [3.05, 3.63) is 0 Å². The van der Waals surface area contributed by atoms with Crippen molar-refractivity contribution in [3.8, 4) is 0 Å². The minimum Gasteiger partial charge on any atom is -0.480 e. The highest BCUT2D eigenvalue weighted by Crippen LogP contribution is 2.37. The van der Waals surface area contributed by atoms with Crippen molar-refractivity contribution in [2.24, 2.45) is 23.0 Å². The van der Waals surface area contributed by atoms with Crippen molar-refractivity contribution in [3.63, 3.8) is 0 Å². The lowest BCUT2D eigenvalue weighted by Crippen LogP contribution is -2.55. The van der Waals surface area contributed by atoms with Gasteiger partial charge in [0.25, 0.3) is 0 Å². The Hall–Kier alpha value is -1.83. The van der Waals surface area contributed by atoms with Crippen LogP contribution in [-0.4, -0.2) is 47.7 Å². The lowest BCUT2D eigenvalue weighted by molar-refractivity contribution is -0.139. The number of urea groups is 1. The van der Waals surface area contributed by atoms with Gasteiger partial charge in [-0.25, -0.2) is 9.59 Å². The number of hydrogen-bond acceptors (Lipinski definition) is 4. The lowest BCUT2D eigenvalue weighted by Gasteiger charge is -2.37. The van der Waals surface area contributed by atoms with Crippen LogP contribution in [0.4, 0.5) is 4.79 Å². The third kappa shape index (κ3) is 9.80. The summed E-state index contributed by atoms with van der Waals surface area (Å²) in [7, 11) is 0. The fourth-order valence-corrected chi connectivity index (χ4v) is 5.50. The molecule has 0 aromatic rings. The predicted octanol–water partition coefficient (Wildman–Crippen LogP) is 3.93. The van der Waals surface area contributed by atoms with Crippen molar-refractivity contribution in [2.75, 3.05) is 6.54 Å². The van der Waals surface area contributed by atoms with Gasteiger partial charge in [-0.3, -0.25) is 4.79 Å². The molecule has 2 atom stereocenters. The van der Waals surface area contributed by atoms with Crippen molar-refractivity contribution < 1.29 is 19.5 Å². The number of aliphatic carboxylic acids is 1. The monoisotopic (exact) mass is 480 g/mol. The van der Waals surface area contributed by atoms with Gasteiger partial charge in [0, 0.05) is 6.04 Å². The number of amides is 3. The first-order chi connectivity index (χ1) is 16.1. The number of carbonyl (C=O) groups excluding carboxylic acids is 2. The van der Waals surface area contributed by atoms with E-state index >= 15 is 0 Å². The van der Waals surface area contributed by atoms with Crippen molar-refractivity contribution in [1.82, 2.24) is 16.0 Å². The van der Waals surface area contributed by atoms with E-state index in [2.05, 4.69) is 36.7 Å². The molecule has 3 amide bonds. The molecular formula is C26H48N4O4. The topological polar surface area (TPSA) is 134 Å². The van der Waals surface area contributed by atoms with Crippen LogP contribution in [0.2, 0.25) is 0 Å². The summed E-state index contributed by atoms with van der Waals surface area (Å²) in [5.74, 6) is -0.151. The zero-order valence-electron chi connectivity index (χ0n) is 21.5. The van der Waals surface area contributed by atoms with E-state index in [1.807, 2.05) is 0 Å². The molecule has 0 saturated heterocycles. The molecule has 0 unspecified atom stereocenters. The molecule has 0 bridgehead atoms. The molecule has 0 aromatic carbocycles. The Balaban J connectivity index is 1.96. The second-order valence-corrected chi connectivity index (χ2v) is 11.5. The molecule has 8 nitrogen and oxygen atoms in total. The van der Waals surface area contributed by atoms with Gasteiger partial charge in [-0.05, 0) is 75.2 Å². The van der Waals surface area contributed by atoms with E-state index in [4.69, 9.17) is 5.73 Å². The molecule has 2 aliphatic carbocycles. The van der Waals surface area contributed by atoms with E-state index in [9.17, 15) is 19.5 Å². The first-order valence-corrected chi connectivity index (χ1v) is 13.4. The molecule has 0 aliphatic heterocycles. The first-order valence-electron chi connectivity index (χ1n) is 13.4. The zero-order valence-corrected chi connectivity index (χ0v) is 21.5. The Bertz CT molecular complexity index is 650. The fraction of sp³-hybridized carbons (Fsp3) is 0.885. The molecule has 34 heavy (non-hydrogen) atoms. The molecule has 2 aliphatic rings. The van der Waals surface area contributed by atoms with Crippen LogP contribution in [-0.2, 0) is 9.59 Å². The van der Waals surface area contributed by atoms with Crippen molar-refractivity contribution >= 4 is 17.9 Å². The standard InChI is InChI=1S/C26H48N4O4/c1-26(2,3)19-12-14-20(15-13-19)28-23(31)22(17-18-9-5-4-6-10-18)30-25(34)29-21(24(32)33)11-7-8-16-27/h18-22H,4-17,27H2,1-3H3,(H,28,31)(H,32,33)(H2,29,30,34)/t19?,20?,21-,22+/m0/s1. The number of nitrogens with two attached hydrogens (primary N) is 1. The quantitative estimate of drug-likeness (QED) is 0.286. The van der Waals surface area contributed by atoms with Crippen LogP contribution >= 0.6 is 0 Å². The van der Waals surface area contributed by atoms with E-state index in [1.54, 1.807) is 0 Å². The maximum Gasteiger partial charge on any atom is 0.326 e. The van der Waals surface area contributed by atoms with Gasteiger partial charge in [0.05, 0.1) is 0 Å². The van der Waals surface area contributed by atoms with Crippen molar-refractivity contribution in [2.45, 2.75) is 122 Å². The number of nitrogens with one attached hydrogen (secondary N) is 3. The molecule has 2 saturated carbocycles. The zero-order chi connectivity index (χ0) is 25.1. The second-order valence-electron chi connectivity index (χ2n) is 11.5. The van der Waals surface area contributed by atoms with Gasteiger partial charge in [-0.1, -0.05) is 52.9 Å². The molecule has 0 aromatic heterocycles. The second kappa shape index (κ2) is 13.9. The summed E-state index contributed by atoms with van der Waals surface area (Å²) in [5.41, 5.74) is 5.77. The average molecular weight is 481 g/mol. The summed E-state index contributed by atoms with van der Waals surface area (Å²) >= 11 is 0. The number of unbranched alkanes of at least 4 members (excludes halogenated alkanes) is 1. The highest BCUT2D eigenvalue weighted by atomic mass is 16.4. The number of carboxylic acid groups (broad SMARTS) is 1. The van der Waals surface area contributed by atoms with Gasteiger partial charge < -0.3 is 26.8 Å². The summed E-state index contributed by atoms with van der Waals surface area (Å²) in [5, 5.41) is 18.0. The predicted molar refractivity (Wildman–Crippen MR) is 134 cm³/mol. The largest absolute Gasteiger partial charge is 0.480 e. The molecule has 2 fully saturated rings. The minimum atomic E-state index is -1.07. The van der Waals surface area contributed by atoms with Crippen LogP contribution in [0.3, 0.4) is 0 Å². The molecule has 0 radical (unpaired) electrons. The highest BCUT2D eigenvalue weighted by molar-refractivity contribution is 5.88. The number of hydrogen-bond donors (Lipinski definition) is 5. The Kier molecular flexibility index (Phi) is 11.6. The summed E-state index contributed by atoms with van der Waals surface area (Å²) in [6.45, 7) is 7.32. The van der Waals surface area contributed by atoms with Gasteiger partial charge in [-0.15, -0.1) is 0 Å². The third-order valence-corrected chi connectivity index (χ3v) is 7.76. The van der Waals surface area contributed by atoms with Gasteiger partial charge in [-0.2, -0.15) is 0 Å². The molecule has 2 rings (SSSR count). The van der Waals surface area contributed by atoms with E-state index in [1.165, 1.54) is 6.42 Å². The highest BCUT2D eigenvalue weighted by Gasteiger charge is 2.33. The van der Waals surface area contributed by atoms with Crippen LogP contribution in [0.1, 0.15) is 104 Å². The van der Waals surface area contributed by atoms with Gasteiger partial charge in [0.1, 0.15) is 12.1 Å². The molecule has 8 heteroatoms. The van der Waals surface area contributed by atoms with Gasteiger partial charge in [0.15, 0.2) is 0 Å². The first kappa shape index (κ1) is 28.4. The van der Waals surface area contributed by atoms with Crippen LogP contribution in [0, 0.1) is 17.3 Å². The smallest absolute Gasteiger partial charge is 0.326 e. The fourth-order valence-electron chi connectivity index (χ4n) is 5.50. The van der Waals surface area contributed by atoms with E-state index < -0.39 is 24.1 Å². The Morgan fingerprint density at radius 1 is 0.912 bits per heavy atom. The van der Waals surface area contributed by atoms with Crippen LogP contribution < -0.4 is 21.7 Å². The molecular weight excluding hydrogens is 432 g/mol. The summed E-state index contributed by atoms with van der Waals surface area (Å²) in [4.78, 5) is 37.5. The Labute approximate surface area is 205 Å². The van der Waals surface area contributed by atoms with Gasteiger partial charge >= 0.3 is 12.0 Å². The van der Waals surface area contributed by atoms with E-state index in [0.717, 1.165) is 51.4 Å². The number of carboxylic acids is 1. The maximum atomic E-state index is 13.2. The minimum absolute atomic E-state index is 0.132. The van der Waals surface area contributed by atoms with Crippen LogP contribution in [0.15, 0.2) is 0 Å². The van der Waals surface area contributed by atoms with E-state index in [-0.39, 0.29) is 17.4 Å². The maximum absolute atomic E-state index is 13.2. The Morgan fingerprint density at radius 3 is 2.09 bits per heavy atom. The average Bonchev–Trinajstić information content (AvgIpc) is 2.78. The normalized spacial score (nSPS) is 23.5. The Morgan fingerprint density at radius 2 is 1.53 bits per heavy atom. The lowest BCUT2D eigenvalue weighted by atomic mass is 9.71. The summed E-state index contributed by atoms with van der Waals surface area (Å²) in [6.07, 6.45) is 12.0. The van der Waals surface area contributed by atoms with Crippen molar-refractivity contribution in [1.29, 1.82) is 0 Å². The van der Waals surface area contributed by atoms with E-state index in [0.29, 0.717) is 44.1 Å². The van der Waals surface area contributed by atoms with Crippen LogP contribution in [0.25, 0.3) is 0 Å². The molecule has 0 heterocycles. The SMILES string of the molecule is CC(C)(C)C1CCC(NC(=O)[C@@H](CC2CCCCC2)NC(=O)N[C@@H](CCCCN)C(=O)O)CC1. The molecule has 196 valence electrons. The van der Waals surface area contributed by atoms with Crippen LogP contribution in [0.5, 0.6) is 0 Å². The number of rotatable bonds is 11. The molecule has 0 spiro atoms.